The minimum absolute atomic E-state index is 0.0124. The fourth-order valence-corrected chi connectivity index (χ4v) is 3.30. The Morgan fingerprint density at radius 2 is 1.87 bits per heavy atom. The van der Waals surface area contributed by atoms with E-state index in [4.69, 9.17) is 0 Å². The fraction of sp³-hybridized carbons (Fsp3) is 0.350. The summed E-state index contributed by atoms with van der Waals surface area (Å²) in [7, 11) is 3.99. The zero-order valence-corrected chi connectivity index (χ0v) is 13.9. The molecule has 3 nitrogen and oxygen atoms in total. The van der Waals surface area contributed by atoms with Crippen LogP contribution in [-0.2, 0) is 6.42 Å². The number of nitrogens with zero attached hydrogens (tertiary/aromatic N) is 1. The summed E-state index contributed by atoms with van der Waals surface area (Å²) in [6, 6.07) is 16.3. The third-order valence-electron chi connectivity index (χ3n) is 4.65. The van der Waals surface area contributed by atoms with Gasteiger partial charge in [0, 0.05) is 37.8 Å². The number of carbonyl (C=O) groups is 1. The monoisotopic (exact) mass is 308 g/mol. The second kappa shape index (κ2) is 6.86. The van der Waals surface area contributed by atoms with Crippen LogP contribution in [0.4, 0.5) is 5.69 Å². The van der Waals surface area contributed by atoms with Crippen molar-refractivity contribution in [1.29, 1.82) is 0 Å². The van der Waals surface area contributed by atoms with Crippen molar-refractivity contribution in [3.63, 3.8) is 0 Å². The highest BCUT2D eigenvalue weighted by atomic mass is 16.1. The number of rotatable bonds is 4. The second-order valence-electron chi connectivity index (χ2n) is 6.44. The van der Waals surface area contributed by atoms with Crippen LogP contribution in [0, 0.1) is 0 Å². The predicted molar refractivity (Wildman–Crippen MR) is 95.2 cm³/mol. The number of anilines is 1. The Bertz CT molecular complexity index is 676. The van der Waals surface area contributed by atoms with Gasteiger partial charge in [-0.2, -0.15) is 0 Å². The maximum atomic E-state index is 12.4. The number of amides is 1. The summed E-state index contributed by atoms with van der Waals surface area (Å²) in [5.41, 5.74) is 4.66. The summed E-state index contributed by atoms with van der Waals surface area (Å²) in [6.45, 7) is 0.714. The lowest BCUT2D eigenvalue weighted by molar-refractivity contribution is 0.0950. The summed E-state index contributed by atoms with van der Waals surface area (Å²) in [6.07, 6.45) is 3.51. The van der Waals surface area contributed by atoms with Crippen molar-refractivity contribution in [3.8, 4) is 0 Å². The molecule has 1 unspecified atom stereocenters. The molecule has 0 spiro atoms. The number of carbonyl (C=O) groups excluding carboxylic acids is 1. The maximum absolute atomic E-state index is 12.4. The van der Waals surface area contributed by atoms with E-state index >= 15 is 0 Å². The van der Waals surface area contributed by atoms with Gasteiger partial charge in [0.2, 0.25) is 0 Å². The average Bonchev–Trinajstić information content (AvgIpc) is 2.59. The molecule has 0 aliphatic heterocycles. The summed E-state index contributed by atoms with van der Waals surface area (Å²) in [5, 5.41) is 3.11. The summed E-state index contributed by atoms with van der Waals surface area (Å²) in [5.74, 6) is 0.448. The third-order valence-corrected chi connectivity index (χ3v) is 4.65. The molecule has 2 aromatic carbocycles. The number of aryl methyl sites for hydroxylation is 1. The van der Waals surface area contributed by atoms with E-state index in [1.807, 2.05) is 43.3 Å². The van der Waals surface area contributed by atoms with Gasteiger partial charge in [-0.05, 0) is 54.7 Å². The van der Waals surface area contributed by atoms with E-state index in [0.717, 1.165) is 24.1 Å². The van der Waals surface area contributed by atoms with E-state index in [0.29, 0.717) is 12.5 Å². The smallest absolute Gasteiger partial charge is 0.251 e. The molecule has 0 heterocycles. The van der Waals surface area contributed by atoms with Crippen LogP contribution in [0.2, 0.25) is 0 Å². The van der Waals surface area contributed by atoms with Crippen LogP contribution in [0.25, 0.3) is 0 Å². The summed E-state index contributed by atoms with van der Waals surface area (Å²) < 4.78 is 0. The lowest BCUT2D eigenvalue weighted by Gasteiger charge is -2.25. The van der Waals surface area contributed by atoms with Gasteiger partial charge in [-0.1, -0.05) is 24.3 Å². The molecule has 0 saturated heterocycles. The first kappa shape index (κ1) is 15.6. The molecule has 2 aromatic rings. The van der Waals surface area contributed by atoms with E-state index < -0.39 is 0 Å². The van der Waals surface area contributed by atoms with Gasteiger partial charge in [0.1, 0.15) is 0 Å². The Kier molecular flexibility index (Phi) is 4.65. The maximum Gasteiger partial charge on any atom is 0.251 e. The van der Waals surface area contributed by atoms with Crippen LogP contribution in [0.3, 0.4) is 0 Å². The van der Waals surface area contributed by atoms with Crippen LogP contribution >= 0.6 is 0 Å². The Labute approximate surface area is 138 Å². The molecule has 0 saturated carbocycles. The Balaban J connectivity index is 1.63. The van der Waals surface area contributed by atoms with Crippen LogP contribution in [0.5, 0.6) is 0 Å². The van der Waals surface area contributed by atoms with Gasteiger partial charge in [0.15, 0.2) is 0 Å². The zero-order chi connectivity index (χ0) is 16.2. The number of fused-ring (bicyclic) bond motifs is 1. The van der Waals surface area contributed by atoms with E-state index in [2.05, 4.69) is 29.6 Å². The normalized spacial score (nSPS) is 16.5. The molecule has 3 heteroatoms. The third kappa shape index (κ3) is 3.55. The Morgan fingerprint density at radius 3 is 2.61 bits per heavy atom. The zero-order valence-electron chi connectivity index (χ0n) is 13.9. The number of hydrogen-bond donors (Lipinski definition) is 1. The SMILES string of the molecule is CN(C)c1ccc(C(=O)NCC2CCCc3ccccc32)cc1. The van der Waals surface area contributed by atoms with E-state index in [9.17, 15) is 4.79 Å². The highest BCUT2D eigenvalue weighted by Crippen LogP contribution is 2.30. The van der Waals surface area contributed by atoms with E-state index in [-0.39, 0.29) is 5.91 Å². The molecule has 0 radical (unpaired) electrons. The molecular formula is C20H24N2O. The molecule has 1 amide bonds. The molecular weight excluding hydrogens is 284 g/mol. The van der Waals surface area contributed by atoms with Gasteiger partial charge in [-0.25, -0.2) is 0 Å². The molecule has 3 rings (SSSR count). The van der Waals surface area contributed by atoms with Gasteiger partial charge in [-0.15, -0.1) is 0 Å². The van der Waals surface area contributed by atoms with E-state index in [1.54, 1.807) is 0 Å². The van der Waals surface area contributed by atoms with Crippen molar-refractivity contribution >= 4 is 11.6 Å². The van der Waals surface area contributed by atoms with Crippen molar-refractivity contribution < 1.29 is 4.79 Å². The highest BCUT2D eigenvalue weighted by molar-refractivity contribution is 5.94. The first-order valence-electron chi connectivity index (χ1n) is 8.28. The molecule has 1 aliphatic carbocycles. The minimum Gasteiger partial charge on any atom is -0.378 e. The lowest BCUT2D eigenvalue weighted by Crippen LogP contribution is -2.30. The molecule has 0 bridgehead atoms. The van der Waals surface area contributed by atoms with Gasteiger partial charge >= 0.3 is 0 Å². The van der Waals surface area contributed by atoms with Crippen LogP contribution in [0.1, 0.15) is 40.2 Å². The quantitative estimate of drug-likeness (QED) is 0.936. The van der Waals surface area contributed by atoms with Crippen molar-refractivity contribution in [2.24, 2.45) is 0 Å². The van der Waals surface area contributed by atoms with Crippen LogP contribution in [-0.4, -0.2) is 26.5 Å². The predicted octanol–water partition coefficient (Wildman–Crippen LogP) is 3.60. The minimum atomic E-state index is 0.0124. The second-order valence-corrected chi connectivity index (χ2v) is 6.44. The summed E-state index contributed by atoms with van der Waals surface area (Å²) in [4.78, 5) is 14.4. The van der Waals surface area contributed by atoms with Crippen molar-refractivity contribution in [2.45, 2.75) is 25.2 Å². The lowest BCUT2D eigenvalue weighted by atomic mass is 9.83. The molecule has 23 heavy (non-hydrogen) atoms. The van der Waals surface area contributed by atoms with Crippen molar-refractivity contribution in [1.82, 2.24) is 5.32 Å². The molecule has 120 valence electrons. The molecule has 1 N–H and O–H groups in total. The van der Waals surface area contributed by atoms with Crippen molar-refractivity contribution in [3.05, 3.63) is 65.2 Å². The van der Waals surface area contributed by atoms with Gasteiger partial charge in [0.05, 0.1) is 0 Å². The highest BCUT2D eigenvalue weighted by Gasteiger charge is 2.20. The van der Waals surface area contributed by atoms with Crippen LogP contribution in [0.15, 0.2) is 48.5 Å². The van der Waals surface area contributed by atoms with Crippen molar-refractivity contribution in [2.75, 3.05) is 25.5 Å². The number of benzene rings is 2. The molecule has 1 aliphatic rings. The summed E-state index contributed by atoms with van der Waals surface area (Å²) >= 11 is 0. The van der Waals surface area contributed by atoms with Gasteiger partial charge in [-0.3, -0.25) is 4.79 Å². The molecule has 0 aromatic heterocycles. The first-order chi connectivity index (χ1) is 11.1. The Morgan fingerprint density at radius 1 is 1.13 bits per heavy atom. The largest absolute Gasteiger partial charge is 0.378 e. The van der Waals surface area contributed by atoms with Gasteiger partial charge in [0.25, 0.3) is 5.91 Å². The Hall–Kier alpha value is -2.29. The number of hydrogen-bond acceptors (Lipinski definition) is 2. The first-order valence-corrected chi connectivity index (χ1v) is 8.28. The number of nitrogens with one attached hydrogen (secondary N) is 1. The average molecular weight is 308 g/mol. The molecule has 1 atom stereocenters. The van der Waals surface area contributed by atoms with Gasteiger partial charge < -0.3 is 10.2 Å². The fourth-order valence-electron chi connectivity index (χ4n) is 3.30. The standard InChI is InChI=1S/C20H24N2O/c1-22(2)18-12-10-16(11-13-18)20(23)21-14-17-8-5-7-15-6-3-4-9-19(15)17/h3-4,6,9-13,17H,5,7-8,14H2,1-2H3,(H,21,23). The van der Waals surface area contributed by atoms with E-state index in [1.165, 1.54) is 17.5 Å². The van der Waals surface area contributed by atoms with Crippen LogP contribution < -0.4 is 10.2 Å². The topological polar surface area (TPSA) is 32.3 Å². The molecule has 0 fully saturated rings.